The molecule has 1 aromatic rings. The van der Waals surface area contributed by atoms with Crippen LogP contribution < -0.4 is 4.72 Å². The minimum absolute atomic E-state index is 0.210. The van der Waals surface area contributed by atoms with Crippen LogP contribution in [0.1, 0.15) is 31.7 Å². The van der Waals surface area contributed by atoms with Crippen molar-refractivity contribution in [3.8, 4) is 0 Å². The number of H-pyrrole nitrogens is 1. The van der Waals surface area contributed by atoms with E-state index < -0.39 is 22.2 Å². The normalized spacial score (nSPS) is 20.8. The number of nitrogens with one attached hydrogen (secondary N) is 2. The molecule has 0 radical (unpaired) electrons. The molecule has 9 heteroatoms. The Labute approximate surface area is 117 Å². The number of hydrogen-bond donors (Lipinski definition) is 3. The van der Waals surface area contributed by atoms with Crippen molar-refractivity contribution in [1.82, 2.24) is 14.5 Å². The van der Waals surface area contributed by atoms with Crippen LogP contribution in [-0.4, -0.2) is 46.6 Å². The summed E-state index contributed by atoms with van der Waals surface area (Å²) in [5.74, 6) is -0.822. The molecular weight excluding hydrogens is 284 g/mol. The zero-order valence-corrected chi connectivity index (χ0v) is 12.0. The molecule has 1 aliphatic heterocycles. The first kappa shape index (κ1) is 14.8. The van der Waals surface area contributed by atoms with Gasteiger partial charge in [-0.3, -0.25) is 14.6 Å². The molecule has 0 aromatic carbocycles. The van der Waals surface area contributed by atoms with Gasteiger partial charge in [-0.25, -0.2) is 0 Å². The van der Waals surface area contributed by atoms with Gasteiger partial charge in [0, 0.05) is 12.1 Å². The highest BCUT2D eigenvalue weighted by molar-refractivity contribution is 7.90. The molecule has 0 bridgehead atoms. The van der Waals surface area contributed by atoms with Crippen molar-refractivity contribution in [2.75, 3.05) is 11.3 Å². The van der Waals surface area contributed by atoms with Crippen LogP contribution >= 0.6 is 0 Å². The van der Waals surface area contributed by atoms with Crippen LogP contribution in [0.15, 0.2) is 6.20 Å². The number of aryl methyl sites for hydroxylation is 1. The van der Waals surface area contributed by atoms with Crippen molar-refractivity contribution >= 4 is 22.0 Å². The molecule has 1 fully saturated rings. The van der Waals surface area contributed by atoms with E-state index in [4.69, 9.17) is 5.11 Å². The summed E-state index contributed by atoms with van der Waals surface area (Å²) >= 11 is 0. The lowest BCUT2D eigenvalue weighted by Gasteiger charge is -2.31. The molecule has 1 saturated heterocycles. The Hall–Kier alpha value is -1.61. The SMILES string of the molecule is CCc1cn[nH]c1NS(=O)(=O)N1CCCCC1C(=O)O. The molecule has 1 unspecified atom stereocenters. The Kier molecular flexibility index (Phi) is 4.29. The van der Waals surface area contributed by atoms with Gasteiger partial charge in [-0.1, -0.05) is 6.92 Å². The molecule has 2 heterocycles. The zero-order valence-electron chi connectivity index (χ0n) is 11.2. The van der Waals surface area contributed by atoms with Gasteiger partial charge >= 0.3 is 16.2 Å². The number of rotatable bonds is 5. The van der Waals surface area contributed by atoms with Gasteiger partial charge in [0.25, 0.3) is 0 Å². The van der Waals surface area contributed by atoms with E-state index in [9.17, 15) is 13.2 Å². The van der Waals surface area contributed by atoms with E-state index in [1.165, 1.54) is 0 Å². The minimum atomic E-state index is -3.90. The van der Waals surface area contributed by atoms with Gasteiger partial charge in [0.05, 0.1) is 6.20 Å². The summed E-state index contributed by atoms with van der Waals surface area (Å²) in [5.41, 5.74) is 0.734. The Bertz CT molecular complexity index is 583. The molecule has 8 nitrogen and oxygen atoms in total. The van der Waals surface area contributed by atoms with Gasteiger partial charge in [-0.05, 0) is 25.7 Å². The predicted molar refractivity (Wildman–Crippen MR) is 72.5 cm³/mol. The Morgan fingerprint density at radius 2 is 2.35 bits per heavy atom. The molecule has 1 aromatic heterocycles. The third kappa shape index (κ3) is 2.93. The maximum absolute atomic E-state index is 12.3. The Morgan fingerprint density at radius 1 is 1.60 bits per heavy atom. The lowest BCUT2D eigenvalue weighted by molar-refractivity contribution is -0.142. The van der Waals surface area contributed by atoms with Crippen molar-refractivity contribution in [2.45, 2.75) is 38.6 Å². The van der Waals surface area contributed by atoms with Gasteiger partial charge in [0.2, 0.25) is 0 Å². The number of carboxylic acids is 1. The van der Waals surface area contributed by atoms with E-state index in [1.54, 1.807) is 6.20 Å². The van der Waals surface area contributed by atoms with E-state index in [1.807, 2.05) is 6.92 Å². The zero-order chi connectivity index (χ0) is 14.8. The van der Waals surface area contributed by atoms with Crippen molar-refractivity contribution in [3.05, 3.63) is 11.8 Å². The minimum Gasteiger partial charge on any atom is -0.480 e. The summed E-state index contributed by atoms with van der Waals surface area (Å²) in [7, 11) is -3.90. The predicted octanol–water partition coefficient (Wildman–Crippen LogP) is 0.568. The highest BCUT2D eigenvalue weighted by Crippen LogP contribution is 2.23. The van der Waals surface area contributed by atoms with Gasteiger partial charge in [-0.15, -0.1) is 0 Å². The number of aliphatic carboxylic acids is 1. The molecule has 112 valence electrons. The first-order valence-corrected chi connectivity index (χ1v) is 7.94. The van der Waals surface area contributed by atoms with Crippen molar-refractivity contribution < 1.29 is 18.3 Å². The fourth-order valence-electron chi connectivity index (χ4n) is 2.29. The van der Waals surface area contributed by atoms with Crippen LogP contribution in [0.4, 0.5) is 5.82 Å². The van der Waals surface area contributed by atoms with E-state index in [2.05, 4.69) is 14.9 Å². The average molecular weight is 302 g/mol. The summed E-state index contributed by atoms with van der Waals surface area (Å²) in [6.07, 6.45) is 3.88. The summed E-state index contributed by atoms with van der Waals surface area (Å²) in [6, 6.07) is -1.01. The number of aromatic nitrogens is 2. The number of anilines is 1. The number of carbonyl (C=O) groups is 1. The molecule has 20 heavy (non-hydrogen) atoms. The van der Waals surface area contributed by atoms with Crippen molar-refractivity contribution in [1.29, 1.82) is 0 Å². The summed E-state index contributed by atoms with van der Waals surface area (Å²) < 4.78 is 28.1. The monoisotopic (exact) mass is 302 g/mol. The highest BCUT2D eigenvalue weighted by Gasteiger charge is 2.37. The molecular formula is C11H18N4O4S. The molecule has 3 N–H and O–H groups in total. The average Bonchev–Trinajstić information content (AvgIpc) is 2.85. The maximum Gasteiger partial charge on any atom is 0.322 e. The second-order valence-corrected chi connectivity index (χ2v) is 6.31. The van der Waals surface area contributed by atoms with Crippen molar-refractivity contribution in [3.63, 3.8) is 0 Å². The number of hydrogen-bond acceptors (Lipinski definition) is 4. The quantitative estimate of drug-likeness (QED) is 0.735. The second kappa shape index (κ2) is 5.80. The number of aromatic amines is 1. The fourth-order valence-corrected chi connectivity index (χ4v) is 3.75. The third-order valence-corrected chi connectivity index (χ3v) is 4.89. The summed E-state index contributed by atoms with van der Waals surface area (Å²) in [6.45, 7) is 2.09. The maximum atomic E-state index is 12.3. The largest absolute Gasteiger partial charge is 0.480 e. The smallest absolute Gasteiger partial charge is 0.322 e. The molecule has 0 amide bonds. The lowest BCUT2D eigenvalue weighted by atomic mass is 10.1. The van der Waals surface area contributed by atoms with Gasteiger partial charge in [0.15, 0.2) is 0 Å². The second-order valence-electron chi connectivity index (χ2n) is 4.69. The molecule has 0 saturated carbocycles. The van der Waals surface area contributed by atoms with Crippen molar-refractivity contribution in [2.24, 2.45) is 0 Å². The van der Waals surface area contributed by atoms with E-state index in [-0.39, 0.29) is 6.54 Å². The van der Waals surface area contributed by atoms with Crippen LogP contribution in [0, 0.1) is 0 Å². The van der Waals surface area contributed by atoms with Crippen LogP contribution in [0.2, 0.25) is 0 Å². The van der Waals surface area contributed by atoms with E-state index in [0.717, 1.165) is 9.87 Å². The van der Waals surface area contributed by atoms with Gasteiger partial charge < -0.3 is 5.11 Å². The lowest BCUT2D eigenvalue weighted by Crippen LogP contribution is -2.50. The summed E-state index contributed by atoms with van der Waals surface area (Å²) in [5, 5.41) is 15.5. The van der Waals surface area contributed by atoms with E-state index in [0.29, 0.717) is 31.5 Å². The topological polar surface area (TPSA) is 115 Å². The highest BCUT2D eigenvalue weighted by atomic mass is 32.2. The van der Waals surface area contributed by atoms with Crippen LogP contribution in [-0.2, 0) is 21.4 Å². The van der Waals surface area contributed by atoms with Crippen LogP contribution in [0.5, 0.6) is 0 Å². The molecule has 0 spiro atoms. The first-order valence-electron chi connectivity index (χ1n) is 6.50. The van der Waals surface area contributed by atoms with E-state index >= 15 is 0 Å². The summed E-state index contributed by atoms with van der Waals surface area (Å²) in [4.78, 5) is 11.2. The first-order chi connectivity index (χ1) is 9.45. The van der Waals surface area contributed by atoms with Crippen LogP contribution in [0.3, 0.4) is 0 Å². The Balaban J connectivity index is 2.22. The molecule has 2 rings (SSSR count). The van der Waals surface area contributed by atoms with Gasteiger partial charge in [-0.2, -0.15) is 17.8 Å². The molecule has 1 aliphatic rings. The number of carboxylic acid groups (broad SMARTS) is 1. The number of piperidine rings is 1. The standard InChI is InChI=1S/C11H18N4O4S/c1-2-8-7-12-13-10(8)14-20(18,19)15-6-4-3-5-9(15)11(16)17/h7,9H,2-6H2,1H3,(H,16,17)(H2,12,13,14). The van der Waals surface area contributed by atoms with Gasteiger partial charge in [0.1, 0.15) is 11.9 Å². The third-order valence-electron chi connectivity index (χ3n) is 3.38. The number of nitrogens with zero attached hydrogens (tertiary/aromatic N) is 2. The molecule has 1 atom stereocenters. The Morgan fingerprint density at radius 3 is 3.00 bits per heavy atom. The fraction of sp³-hybridized carbons (Fsp3) is 0.636. The van der Waals surface area contributed by atoms with Crippen LogP contribution in [0.25, 0.3) is 0 Å². The molecule has 0 aliphatic carbocycles.